The van der Waals surface area contributed by atoms with Gasteiger partial charge in [-0.15, -0.1) is 11.8 Å². The maximum absolute atomic E-state index is 14.4. The third-order valence-corrected chi connectivity index (χ3v) is 5.75. The average molecular weight is 397 g/mol. The van der Waals surface area contributed by atoms with Crippen molar-refractivity contribution in [2.45, 2.75) is 25.1 Å². The minimum Gasteiger partial charge on any atom is -0.454 e. The molecule has 7 heteroatoms. The van der Waals surface area contributed by atoms with E-state index in [1.165, 1.54) is 17.8 Å². The summed E-state index contributed by atoms with van der Waals surface area (Å²) in [6.45, 7) is 4.02. The number of fused-ring (bicyclic) bond motifs is 1. The van der Waals surface area contributed by atoms with Crippen LogP contribution in [0.25, 0.3) is 0 Å². The Labute approximate surface area is 166 Å². The number of hydrogen-bond donors (Lipinski definition) is 1. The van der Waals surface area contributed by atoms with E-state index in [0.29, 0.717) is 17.3 Å². The summed E-state index contributed by atoms with van der Waals surface area (Å²) in [4.78, 5) is 12.2. The highest BCUT2D eigenvalue weighted by Gasteiger charge is 2.29. The lowest BCUT2D eigenvalue weighted by molar-refractivity contribution is -0.113. The Balaban J connectivity index is 1.73. The number of aromatic nitrogens is 2. The molecule has 0 radical (unpaired) electrons. The molecule has 1 amide bonds. The third kappa shape index (κ3) is 3.62. The summed E-state index contributed by atoms with van der Waals surface area (Å²) in [5, 5.41) is 7.24. The molecule has 0 bridgehead atoms. The van der Waals surface area contributed by atoms with Crippen LogP contribution in [0.1, 0.15) is 36.3 Å². The Hall–Kier alpha value is -2.80. The van der Waals surface area contributed by atoms with Gasteiger partial charge in [0.05, 0.1) is 17.2 Å². The summed E-state index contributed by atoms with van der Waals surface area (Å²) >= 11 is 1.49. The second-order valence-corrected chi connectivity index (χ2v) is 7.92. The molecule has 0 aliphatic carbocycles. The number of nitrogens with one attached hydrogen (secondary N) is 1. The maximum Gasteiger partial charge on any atom is 0.235 e. The monoisotopic (exact) mass is 397 g/mol. The van der Waals surface area contributed by atoms with E-state index in [1.807, 2.05) is 32.0 Å². The predicted molar refractivity (Wildman–Crippen MR) is 108 cm³/mol. The predicted octanol–water partition coefficient (Wildman–Crippen LogP) is 5.17. The van der Waals surface area contributed by atoms with Crippen molar-refractivity contribution in [2.75, 3.05) is 11.1 Å². The van der Waals surface area contributed by atoms with Crippen molar-refractivity contribution in [3.63, 3.8) is 0 Å². The second-order valence-electron chi connectivity index (χ2n) is 6.83. The van der Waals surface area contributed by atoms with E-state index in [-0.39, 0.29) is 22.9 Å². The number of hydrogen-bond acceptors (Lipinski definition) is 4. The molecule has 0 saturated carbocycles. The number of thioether (sulfide) groups is 1. The molecular weight excluding hydrogens is 377 g/mol. The molecule has 0 spiro atoms. The van der Waals surface area contributed by atoms with Crippen LogP contribution in [0.4, 0.5) is 10.2 Å². The zero-order valence-corrected chi connectivity index (χ0v) is 16.4. The zero-order chi connectivity index (χ0) is 19.7. The molecule has 1 aliphatic rings. The topological polar surface area (TPSA) is 56.2 Å². The van der Waals surface area contributed by atoms with Gasteiger partial charge in [-0.05, 0) is 43.7 Å². The van der Waals surface area contributed by atoms with Gasteiger partial charge in [-0.25, -0.2) is 9.07 Å². The van der Waals surface area contributed by atoms with E-state index in [4.69, 9.17) is 4.74 Å². The smallest absolute Gasteiger partial charge is 0.235 e. The fraction of sp³-hybridized carbons (Fsp3) is 0.238. The fourth-order valence-corrected chi connectivity index (χ4v) is 4.24. The van der Waals surface area contributed by atoms with E-state index in [0.717, 1.165) is 11.1 Å². The van der Waals surface area contributed by atoms with Crippen molar-refractivity contribution >= 4 is 23.5 Å². The molecule has 3 aromatic rings. The highest BCUT2D eigenvalue weighted by Crippen LogP contribution is 2.43. The minimum absolute atomic E-state index is 0.0704. The van der Waals surface area contributed by atoms with Crippen LogP contribution in [0.15, 0.2) is 54.7 Å². The van der Waals surface area contributed by atoms with Gasteiger partial charge >= 0.3 is 0 Å². The summed E-state index contributed by atoms with van der Waals surface area (Å²) in [5.74, 6) is 1.23. The lowest BCUT2D eigenvalue weighted by atomic mass is 10.1. The van der Waals surface area contributed by atoms with Crippen LogP contribution < -0.4 is 10.1 Å². The van der Waals surface area contributed by atoms with Crippen molar-refractivity contribution in [1.29, 1.82) is 0 Å². The SMILES string of the molecule is CC(C)n1ncc2c1NC(=O)CS[C@@H]2c1ccc(F)c(Oc2ccccc2)c1. The van der Waals surface area contributed by atoms with Gasteiger partial charge in [0.1, 0.15) is 11.6 Å². The van der Waals surface area contributed by atoms with Crippen LogP contribution in [0.2, 0.25) is 0 Å². The van der Waals surface area contributed by atoms with E-state index < -0.39 is 5.82 Å². The van der Waals surface area contributed by atoms with Gasteiger partial charge in [0.25, 0.3) is 0 Å². The molecule has 0 unspecified atom stereocenters. The lowest BCUT2D eigenvalue weighted by Crippen LogP contribution is -2.17. The number of benzene rings is 2. The first-order valence-electron chi connectivity index (χ1n) is 9.04. The molecule has 28 heavy (non-hydrogen) atoms. The first kappa shape index (κ1) is 18.6. The van der Waals surface area contributed by atoms with Gasteiger partial charge in [0.15, 0.2) is 11.6 Å². The van der Waals surface area contributed by atoms with E-state index in [2.05, 4.69) is 10.4 Å². The summed E-state index contributed by atoms with van der Waals surface area (Å²) in [7, 11) is 0. The lowest BCUT2D eigenvalue weighted by Gasteiger charge is -2.17. The van der Waals surface area contributed by atoms with Crippen molar-refractivity contribution in [1.82, 2.24) is 9.78 Å². The van der Waals surface area contributed by atoms with Crippen LogP contribution in [-0.2, 0) is 4.79 Å². The second kappa shape index (κ2) is 7.67. The largest absolute Gasteiger partial charge is 0.454 e. The normalized spacial score (nSPS) is 16.4. The Morgan fingerprint density at radius 2 is 2.04 bits per heavy atom. The summed E-state index contributed by atoms with van der Waals surface area (Å²) in [5.41, 5.74) is 1.76. The van der Waals surface area contributed by atoms with Crippen LogP contribution in [-0.4, -0.2) is 21.4 Å². The minimum atomic E-state index is -0.432. The summed E-state index contributed by atoms with van der Waals surface area (Å²) in [6.07, 6.45) is 1.78. The quantitative estimate of drug-likeness (QED) is 0.660. The first-order chi connectivity index (χ1) is 13.5. The number of amides is 1. The Morgan fingerprint density at radius 1 is 1.25 bits per heavy atom. The average Bonchev–Trinajstić information content (AvgIpc) is 3.01. The fourth-order valence-electron chi connectivity index (χ4n) is 3.16. The highest BCUT2D eigenvalue weighted by atomic mass is 32.2. The molecule has 1 atom stereocenters. The van der Waals surface area contributed by atoms with Gasteiger partial charge in [-0.3, -0.25) is 4.79 Å². The number of carbonyl (C=O) groups excluding carboxylic acids is 1. The molecule has 5 nitrogen and oxygen atoms in total. The summed E-state index contributed by atoms with van der Waals surface area (Å²) in [6, 6.07) is 14.0. The Bertz CT molecular complexity index is 1000. The number of nitrogens with zero attached hydrogens (tertiary/aromatic N) is 2. The number of halogens is 1. The molecule has 4 rings (SSSR count). The molecular formula is C21H20FN3O2S. The molecule has 2 aromatic carbocycles. The standard InChI is InChI=1S/C21H20FN3O2S/c1-13(2)25-21-16(11-23-25)20(28-12-19(26)24-21)14-8-9-17(22)18(10-14)27-15-6-4-3-5-7-15/h3-11,13,20H,12H2,1-2H3,(H,24,26)/t20-/m1/s1. The maximum atomic E-state index is 14.4. The third-order valence-electron chi connectivity index (χ3n) is 4.46. The summed E-state index contributed by atoms with van der Waals surface area (Å²) < 4.78 is 21.9. The number of carbonyl (C=O) groups is 1. The number of ether oxygens (including phenoxy) is 1. The van der Waals surface area contributed by atoms with E-state index in [9.17, 15) is 9.18 Å². The molecule has 144 valence electrons. The molecule has 1 aliphatic heterocycles. The van der Waals surface area contributed by atoms with Crippen LogP contribution in [0.5, 0.6) is 11.5 Å². The number of anilines is 1. The molecule has 1 N–H and O–H groups in total. The van der Waals surface area contributed by atoms with Gasteiger partial charge in [0, 0.05) is 11.6 Å². The molecule has 2 heterocycles. The first-order valence-corrected chi connectivity index (χ1v) is 10.1. The molecule has 1 aromatic heterocycles. The van der Waals surface area contributed by atoms with Crippen molar-refractivity contribution in [3.05, 3.63) is 71.7 Å². The highest BCUT2D eigenvalue weighted by molar-refractivity contribution is 8.00. The van der Waals surface area contributed by atoms with Crippen LogP contribution in [0, 0.1) is 5.82 Å². The zero-order valence-electron chi connectivity index (χ0n) is 15.6. The number of rotatable bonds is 4. The van der Waals surface area contributed by atoms with Crippen molar-refractivity contribution in [3.8, 4) is 11.5 Å². The van der Waals surface area contributed by atoms with Gasteiger partial charge in [-0.2, -0.15) is 5.10 Å². The van der Waals surface area contributed by atoms with Gasteiger partial charge < -0.3 is 10.1 Å². The van der Waals surface area contributed by atoms with E-state index in [1.54, 1.807) is 35.1 Å². The van der Waals surface area contributed by atoms with E-state index >= 15 is 0 Å². The van der Waals surface area contributed by atoms with Crippen molar-refractivity contribution < 1.29 is 13.9 Å². The van der Waals surface area contributed by atoms with Gasteiger partial charge in [0.2, 0.25) is 5.91 Å². The van der Waals surface area contributed by atoms with Crippen molar-refractivity contribution in [2.24, 2.45) is 0 Å². The van der Waals surface area contributed by atoms with Crippen LogP contribution >= 0.6 is 11.8 Å². The Morgan fingerprint density at radius 3 is 2.79 bits per heavy atom. The van der Waals surface area contributed by atoms with Gasteiger partial charge in [-0.1, -0.05) is 24.3 Å². The molecule has 0 fully saturated rings. The number of para-hydroxylation sites is 1. The molecule has 0 saturated heterocycles. The van der Waals surface area contributed by atoms with Crippen LogP contribution in [0.3, 0.4) is 0 Å². The Kier molecular flexibility index (Phi) is 5.09.